The van der Waals surface area contributed by atoms with Crippen molar-refractivity contribution >= 4 is 16.7 Å². The highest BCUT2D eigenvalue weighted by Crippen LogP contribution is 2.33. The van der Waals surface area contributed by atoms with E-state index in [2.05, 4.69) is 24.3 Å². The molecule has 2 aliphatic rings. The number of hydrogen-bond acceptors (Lipinski definition) is 4. The molecule has 3 atom stereocenters. The Hall–Kier alpha value is -1.91. The van der Waals surface area contributed by atoms with Gasteiger partial charge in [-0.05, 0) is 16.8 Å². The number of ether oxygens (including phenoxy) is 3. The van der Waals surface area contributed by atoms with E-state index in [1.54, 1.807) is 0 Å². The van der Waals surface area contributed by atoms with Crippen molar-refractivity contribution in [1.29, 1.82) is 0 Å². The molecule has 2 fully saturated rings. The molecular formula is C16H14O4. The van der Waals surface area contributed by atoms with Crippen LogP contribution in [0.3, 0.4) is 0 Å². The van der Waals surface area contributed by atoms with Gasteiger partial charge < -0.3 is 14.2 Å². The molecule has 4 rings (SSSR count). The topological polar surface area (TPSA) is 44.8 Å². The van der Waals surface area contributed by atoms with Crippen LogP contribution in [0.5, 0.6) is 0 Å². The minimum absolute atomic E-state index is 0.187. The van der Waals surface area contributed by atoms with Crippen LogP contribution >= 0.6 is 0 Å². The van der Waals surface area contributed by atoms with Crippen molar-refractivity contribution in [2.45, 2.75) is 24.9 Å². The summed E-state index contributed by atoms with van der Waals surface area (Å²) in [5.41, 5.74) is 0.974. The lowest BCUT2D eigenvalue weighted by Crippen LogP contribution is -2.37. The van der Waals surface area contributed by atoms with Gasteiger partial charge in [0.25, 0.3) is 0 Å². The van der Waals surface area contributed by atoms with E-state index in [1.807, 2.05) is 18.2 Å². The molecule has 0 amide bonds. The fraction of sp³-hybridized carbons (Fsp3) is 0.312. The van der Waals surface area contributed by atoms with Gasteiger partial charge >= 0.3 is 5.97 Å². The quantitative estimate of drug-likeness (QED) is 0.747. The van der Waals surface area contributed by atoms with Crippen LogP contribution in [0.2, 0.25) is 0 Å². The average Bonchev–Trinajstić information content (AvgIpc) is 2.85. The SMILES string of the molecule is O=C1C[C@@H]2O[C@@H](c3ccc4ccccc4c3)OC[C@@H]2O1. The first-order chi connectivity index (χ1) is 9.79. The number of hydrogen-bond donors (Lipinski definition) is 0. The van der Waals surface area contributed by atoms with Crippen LogP contribution in [-0.4, -0.2) is 24.8 Å². The Morgan fingerprint density at radius 1 is 1.00 bits per heavy atom. The summed E-state index contributed by atoms with van der Waals surface area (Å²) in [5.74, 6) is -0.206. The first-order valence-electron chi connectivity index (χ1n) is 6.75. The van der Waals surface area contributed by atoms with Gasteiger partial charge in [-0.1, -0.05) is 36.4 Å². The minimum atomic E-state index is -0.421. The number of fused-ring (bicyclic) bond motifs is 2. The van der Waals surface area contributed by atoms with Crippen LogP contribution in [-0.2, 0) is 19.0 Å². The van der Waals surface area contributed by atoms with Crippen molar-refractivity contribution in [1.82, 2.24) is 0 Å². The molecule has 0 spiro atoms. The zero-order chi connectivity index (χ0) is 13.5. The predicted octanol–water partition coefficient (Wildman–Crippen LogP) is 2.57. The standard InChI is InChI=1S/C16H14O4/c17-15-8-13-14(19-15)9-18-16(20-13)12-6-5-10-3-1-2-4-11(10)7-12/h1-7,13-14,16H,8-9H2/t13-,14-,16-/m0/s1. The molecule has 4 nitrogen and oxygen atoms in total. The smallest absolute Gasteiger partial charge is 0.309 e. The highest BCUT2D eigenvalue weighted by molar-refractivity contribution is 5.83. The van der Waals surface area contributed by atoms with Gasteiger partial charge in [-0.3, -0.25) is 4.79 Å². The van der Waals surface area contributed by atoms with E-state index >= 15 is 0 Å². The van der Waals surface area contributed by atoms with Gasteiger partial charge in [0.15, 0.2) is 12.4 Å². The molecule has 2 aliphatic heterocycles. The lowest BCUT2D eigenvalue weighted by atomic mass is 10.1. The van der Waals surface area contributed by atoms with Gasteiger partial charge in [-0.15, -0.1) is 0 Å². The Kier molecular flexibility index (Phi) is 2.72. The van der Waals surface area contributed by atoms with Crippen molar-refractivity contribution in [3.05, 3.63) is 48.0 Å². The molecule has 4 heteroatoms. The lowest BCUT2D eigenvalue weighted by Gasteiger charge is -2.31. The molecule has 2 saturated heterocycles. The largest absolute Gasteiger partial charge is 0.457 e. The van der Waals surface area contributed by atoms with Gasteiger partial charge in [0, 0.05) is 5.56 Å². The minimum Gasteiger partial charge on any atom is -0.457 e. The molecular weight excluding hydrogens is 256 g/mol. The third-order valence-corrected chi connectivity index (χ3v) is 3.82. The van der Waals surface area contributed by atoms with E-state index in [1.165, 1.54) is 5.39 Å². The summed E-state index contributed by atoms with van der Waals surface area (Å²) in [5, 5.41) is 2.34. The monoisotopic (exact) mass is 270 g/mol. The average molecular weight is 270 g/mol. The number of carbonyl (C=O) groups excluding carboxylic acids is 1. The molecule has 0 radical (unpaired) electrons. The third-order valence-electron chi connectivity index (χ3n) is 3.82. The molecule has 0 aromatic heterocycles. The van der Waals surface area contributed by atoms with Crippen LogP contribution in [0.4, 0.5) is 0 Å². The zero-order valence-electron chi connectivity index (χ0n) is 10.8. The summed E-state index contributed by atoms with van der Waals surface area (Å²) in [6.45, 7) is 0.397. The Morgan fingerprint density at radius 2 is 1.85 bits per heavy atom. The maximum absolute atomic E-state index is 11.3. The van der Waals surface area contributed by atoms with Crippen LogP contribution in [0.25, 0.3) is 10.8 Å². The van der Waals surface area contributed by atoms with Crippen molar-refractivity contribution < 1.29 is 19.0 Å². The van der Waals surface area contributed by atoms with Gasteiger partial charge in [-0.25, -0.2) is 0 Å². The van der Waals surface area contributed by atoms with Crippen LogP contribution in [0.15, 0.2) is 42.5 Å². The molecule has 0 saturated carbocycles. The molecule has 0 aliphatic carbocycles. The lowest BCUT2D eigenvalue weighted by molar-refractivity contribution is -0.242. The highest BCUT2D eigenvalue weighted by Gasteiger charge is 2.41. The van der Waals surface area contributed by atoms with Gasteiger partial charge in [0.1, 0.15) is 6.10 Å². The van der Waals surface area contributed by atoms with E-state index in [0.717, 1.165) is 10.9 Å². The summed E-state index contributed by atoms with van der Waals surface area (Å²) in [6.07, 6.45) is -0.541. The summed E-state index contributed by atoms with van der Waals surface area (Å²) in [4.78, 5) is 11.3. The second-order valence-electron chi connectivity index (χ2n) is 5.18. The van der Waals surface area contributed by atoms with Crippen LogP contribution in [0, 0.1) is 0 Å². The summed E-state index contributed by atoms with van der Waals surface area (Å²) >= 11 is 0. The van der Waals surface area contributed by atoms with Crippen molar-refractivity contribution in [2.75, 3.05) is 6.61 Å². The van der Waals surface area contributed by atoms with E-state index < -0.39 is 6.29 Å². The number of rotatable bonds is 1. The van der Waals surface area contributed by atoms with E-state index in [9.17, 15) is 4.79 Å². The second kappa shape index (κ2) is 4.58. The molecule has 2 heterocycles. The predicted molar refractivity (Wildman–Crippen MR) is 72.0 cm³/mol. The van der Waals surface area contributed by atoms with Crippen molar-refractivity contribution in [3.8, 4) is 0 Å². The first-order valence-corrected chi connectivity index (χ1v) is 6.75. The van der Waals surface area contributed by atoms with Crippen LogP contribution < -0.4 is 0 Å². The Bertz CT molecular complexity index is 666. The van der Waals surface area contributed by atoms with E-state index in [0.29, 0.717) is 13.0 Å². The normalized spacial score (nSPS) is 29.2. The van der Waals surface area contributed by atoms with Crippen molar-refractivity contribution in [3.63, 3.8) is 0 Å². The first kappa shape index (κ1) is 11.9. The van der Waals surface area contributed by atoms with Crippen LogP contribution in [0.1, 0.15) is 18.3 Å². The highest BCUT2D eigenvalue weighted by atomic mass is 16.7. The zero-order valence-corrected chi connectivity index (χ0v) is 10.8. The molecule has 2 aromatic rings. The molecule has 0 bridgehead atoms. The van der Waals surface area contributed by atoms with Crippen molar-refractivity contribution in [2.24, 2.45) is 0 Å². The number of carbonyl (C=O) groups is 1. The molecule has 102 valence electrons. The Morgan fingerprint density at radius 3 is 2.75 bits per heavy atom. The van der Waals surface area contributed by atoms with E-state index in [4.69, 9.17) is 14.2 Å². The number of benzene rings is 2. The maximum Gasteiger partial charge on any atom is 0.309 e. The summed E-state index contributed by atoms with van der Waals surface area (Å²) in [6, 6.07) is 14.3. The third kappa shape index (κ3) is 1.97. The summed E-state index contributed by atoms with van der Waals surface area (Å²) < 4.78 is 16.7. The Balaban J connectivity index is 1.61. The number of esters is 1. The van der Waals surface area contributed by atoms with E-state index in [-0.39, 0.29) is 18.2 Å². The van der Waals surface area contributed by atoms with Gasteiger partial charge in [0.2, 0.25) is 0 Å². The second-order valence-corrected chi connectivity index (χ2v) is 5.18. The fourth-order valence-electron chi connectivity index (χ4n) is 2.78. The molecule has 0 N–H and O–H groups in total. The molecule has 2 aromatic carbocycles. The van der Waals surface area contributed by atoms with Gasteiger partial charge in [-0.2, -0.15) is 0 Å². The summed E-state index contributed by atoms with van der Waals surface area (Å²) in [7, 11) is 0. The van der Waals surface area contributed by atoms with Gasteiger partial charge in [0.05, 0.1) is 13.0 Å². The Labute approximate surface area is 116 Å². The molecule has 20 heavy (non-hydrogen) atoms. The molecule has 0 unspecified atom stereocenters. The maximum atomic E-state index is 11.3. The fourth-order valence-corrected chi connectivity index (χ4v) is 2.78.